The van der Waals surface area contributed by atoms with Crippen molar-refractivity contribution in [2.24, 2.45) is 11.7 Å². The van der Waals surface area contributed by atoms with Gasteiger partial charge in [0, 0.05) is 12.0 Å². The van der Waals surface area contributed by atoms with Gasteiger partial charge in [-0.1, -0.05) is 6.07 Å². The topological polar surface area (TPSA) is 121 Å². The lowest BCUT2D eigenvalue weighted by Crippen LogP contribution is -2.25. The number of carbonyl (C=O) groups is 1. The van der Waals surface area contributed by atoms with Gasteiger partial charge in [-0.3, -0.25) is 24.6 Å². The van der Waals surface area contributed by atoms with Gasteiger partial charge in [-0.15, -0.1) is 0 Å². The second-order valence-corrected chi connectivity index (χ2v) is 5.40. The van der Waals surface area contributed by atoms with E-state index in [-0.39, 0.29) is 28.6 Å². The number of benzene rings is 1. The molecule has 1 amide bonds. The largest absolute Gasteiger partial charge is 0.328 e. The van der Waals surface area contributed by atoms with E-state index in [9.17, 15) is 14.4 Å². The monoisotopic (exact) mass is 288 g/mol. The standard InChI is InChI=1S/C14H16N4O3/c15-8-5-4-7(6-8)12(19)16-10-3-1-2-9-11(10)14(21)18-17-13(9)20/h1-3,7-8H,4-6,15H2,(H,16,19)(H,17,20)(H,18,21). The molecule has 1 aliphatic carbocycles. The molecule has 0 bridgehead atoms. The first kappa shape index (κ1) is 13.6. The Bertz CT molecular complexity index is 808. The van der Waals surface area contributed by atoms with Crippen molar-refractivity contribution in [1.29, 1.82) is 0 Å². The zero-order valence-corrected chi connectivity index (χ0v) is 11.3. The van der Waals surface area contributed by atoms with Crippen LogP contribution >= 0.6 is 0 Å². The number of fused-ring (bicyclic) bond motifs is 1. The van der Waals surface area contributed by atoms with Gasteiger partial charge in [-0.05, 0) is 31.4 Å². The van der Waals surface area contributed by atoms with E-state index < -0.39 is 11.1 Å². The number of hydrogen-bond acceptors (Lipinski definition) is 4. The van der Waals surface area contributed by atoms with E-state index in [1.165, 1.54) is 0 Å². The van der Waals surface area contributed by atoms with Crippen LogP contribution < -0.4 is 22.2 Å². The summed E-state index contributed by atoms with van der Waals surface area (Å²) in [5.74, 6) is -0.300. The predicted molar refractivity (Wildman–Crippen MR) is 79.1 cm³/mol. The van der Waals surface area contributed by atoms with Crippen molar-refractivity contribution >= 4 is 22.4 Å². The molecule has 0 spiro atoms. The second-order valence-electron chi connectivity index (χ2n) is 5.40. The van der Waals surface area contributed by atoms with Crippen molar-refractivity contribution in [2.45, 2.75) is 25.3 Å². The van der Waals surface area contributed by atoms with Crippen LogP contribution in [0.3, 0.4) is 0 Å². The van der Waals surface area contributed by atoms with E-state index in [0.717, 1.165) is 12.8 Å². The smallest absolute Gasteiger partial charge is 0.272 e. The second kappa shape index (κ2) is 5.17. The Hall–Kier alpha value is -2.41. The number of amides is 1. The third kappa shape index (κ3) is 2.47. The summed E-state index contributed by atoms with van der Waals surface area (Å²) >= 11 is 0. The van der Waals surface area contributed by atoms with Gasteiger partial charge in [0.25, 0.3) is 11.1 Å². The normalized spacial score (nSPS) is 21.6. The summed E-state index contributed by atoms with van der Waals surface area (Å²) in [4.78, 5) is 35.9. The number of nitrogens with two attached hydrogens (primary N) is 1. The first-order valence-corrected chi connectivity index (χ1v) is 6.86. The van der Waals surface area contributed by atoms with E-state index in [1.54, 1.807) is 18.2 Å². The van der Waals surface area contributed by atoms with Gasteiger partial charge >= 0.3 is 0 Å². The van der Waals surface area contributed by atoms with Crippen LogP contribution in [-0.4, -0.2) is 22.1 Å². The Morgan fingerprint density at radius 3 is 2.67 bits per heavy atom. The molecule has 7 nitrogen and oxygen atoms in total. The van der Waals surface area contributed by atoms with Gasteiger partial charge in [-0.2, -0.15) is 0 Å². The number of aromatic amines is 2. The van der Waals surface area contributed by atoms with Crippen LogP contribution in [0, 0.1) is 5.92 Å². The van der Waals surface area contributed by atoms with Crippen molar-refractivity contribution in [2.75, 3.05) is 5.32 Å². The minimum Gasteiger partial charge on any atom is -0.328 e. The van der Waals surface area contributed by atoms with E-state index in [1.807, 2.05) is 0 Å². The van der Waals surface area contributed by atoms with Crippen LogP contribution in [0.15, 0.2) is 27.8 Å². The van der Waals surface area contributed by atoms with Crippen molar-refractivity contribution < 1.29 is 4.79 Å². The van der Waals surface area contributed by atoms with Crippen LogP contribution in [0.25, 0.3) is 10.8 Å². The zero-order valence-electron chi connectivity index (χ0n) is 11.3. The highest BCUT2D eigenvalue weighted by molar-refractivity contribution is 6.02. The number of aromatic nitrogens is 2. The summed E-state index contributed by atoms with van der Waals surface area (Å²) in [6.45, 7) is 0. The molecule has 1 aliphatic rings. The molecular formula is C14H16N4O3. The highest BCUT2D eigenvalue weighted by Gasteiger charge is 2.28. The fourth-order valence-corrected chi connectivity index (χ4v) is 2.82. The molecule has 5 N–H and O–H groups in total. The van der Waals surface area contributed by atoms with E-state index in [2.05, 4.69) is 15.5 Å². The minimum atomic E-state index is -0.441. The first-order chi connectivity index (χ1) is 10.1. The quantitative estimate of drug-likeness (QED) is 0.634. The molecule has 1 saturated carbocycles. The molecule has 0 radical (unpaired) electrons. The van der Waals surface area contributed by atoms with Gasteiger partial charge in [0.2, 0.25) is 5.91 Å². The molecular weight excluding hydrogens is 272 g/mol. The lowest BCUT2D eigenvalue weighted by molar-refractivity contribution is -0.119. The summed E-state index contributed by atoms with van der Waals surface area (Å²) in [5, 5.41) is 7.72. The first-order valence-electron chi connectivity index (χ1n) is 6.86. The average molecular weight is 288 g/mol. The number of anilines is 1. The molecule has 1 aromatic heterocycles. The van der Waals surface area contributed by atoms with Crippen molar-refractivity contribution in [1.82, 2.24) is 10.2 Å². The lowest BCUT2D eigenvalue weighted by atomic mass is 10.1. The van der Waals surface area contributed by atoms with Crippen molar-refractivity contribution in [3.8, 4) is 0 Å². The minimum absolute atomic E-state index is 0.0551. The molecule has 2 atom stereocenters. The van der Waals surface area contributed by atoms with Crippen LogP contribution in [0.2, 0.25) is 0 Å². The number of carbonyl (C=O) groups excluding carboxylic acids is 1. The third-order valence-corrected chi connectivity index (χ3v) is 3.93. The number of hydrogen-bond donors (Lipinski definition) is 4. The SMILES string of the molecule is NC1CCC(C(=O)Nc2cccc3c(=O)[nH][nH]c(=O)c23)C1. The fraction of sp³-hybridized carbons (Fsp3) is 0.357. The molecule has 110 valence electrons. The highest BCUT2D eigenvalue weighted by Crippen LogP contribution is 2.26. The summed E-state index contributed by atoms with van der Waals surface area (Å²) in [6, 6.07) is 4.85. The molecule has 0 aliphatic heterocycles. The Kier molecular flexibility index (Phi) is 3.34. The maximum absolute atomic E-state index is 12.2. The molecule has 1 aromatic carbocycles. The number of rotatable bonds is 2. The van der Waals surface area contributed by atoms with E-state index >= 15 is 0 Å². The molecule has 2 unspecified atom stereocenters. The zero-order chi connectivity index (χ0) is 15.0. The maximum Gasteiger partial charge on any atom is 0.272 e. The highest BCUT2D eigenvalue weighted by atomic mass is 16.2. The summed E-state index contributed by atoms with van der Waals surface area (Å²) in [6.07, 6.45) is 2.22. The summed E-state index contributed by atoms with van der Waals surface area (Å²) in [5.41, 5.74) is 5.32. The van der Waals surface area contributed by atoms with E-state index in [4.69, 9.17) is 5.73 Å². The van der Waals surface area contributed by atoms with Crippen molar-refractivity contribution in [3.05, 3.63) is 38.9 Å². The Labute approximate surface area is 119 Å². The van der Waals surface area contributed by atoms with Crippen LogP contribution in [0.1, 0.15) is 19.3 Å². The Morgan fingerprint density at radius 2 is 1.95 bits per heavy atom. The van der Waals surface area contributed by atoms with Gasteiger partial charge in [0.05, 0.1) is 16.5 Å². The molecule has 7 heteroatoms. The van der Waals surface area contributed by atoms with Gasteiger partial charge in [-0.25, -0.2) is 0 Å². The predicted octanol–water partition coefficient (Wildman–Crippen LogP) is 0.282. The molecule has 3 rings (SSSR count). The number of H-pyrrole nitrogens is 2. The average Bonchev–Trinajstić information content (AvgIpc) is 2.90. The molecule has 1 fully saturated rings. The Morgan fingerprint density at radius 1 is 1.19 bits per heavy atom. The summed E-state index contributed by atoms with van der Waals surface area (Å²) in [7, 11) is 0. The fourth-order valence-electron chi connectivity index (χ4n) is 2.82. The van der Waals surface area contributed by atoms with Crippen molar-refractivity contribution in [3.63, 3.8) is 0 Å². The molecule has 21 heavy (non-hydrogen) atoms. The number of nitrogens with one attached hydrogen (secondary N) is 3. The third-order valence-electron chi connectivity index (χ3n) is 3.93. The summed E-state index contributed by atoms with van der Waals surface area (Å²) < 4.78 is 0. The van der Waals surface area contributed by atoms with Crippen LogP contribution in [0.4, 0.5) is 5.69 Å². The van der Waals surface area contributed by atoms with Gasteiger partial charge < -0.3 is 11.1 Å². The van der Waals surface area contributed by atoms with E-state index in [0.29, 0.717) is 12.1 Å². The maximum atomic E-state index is 12.2. The van der Waals surface area contributed by atoms with Crippen LogP contribution in [0.5, 0.6) is 0 Å². The Balaban J connectivity index is 1.98. The van der Waals surface area contributed by atoms with Gasteiger partial charge in [0.15, 0.2) is 0 Å². The van der Waals surface area contributed by atoms with Crippen LogP contribution in [-0.2, 0) is 4.79 Å². The lowest BCUT2D eigenvalue weighted by Gasteiger charge is -2.12. The molecule has 2 aromatic rings. The molecule has 1 heterocycles. The molecule has 0 saturated heterocycles. The van der Waals surface area contributed by atoms with Gasteiger partial charge in [0.1, 0.15) is 0 Å².